The maximum absolute atomic E-state index is 9.85. The standard InChI is InChI=1S/C17H36O4/c1-16(2,20)12-6-10-14(18)8-5-9-15(19)11-7-13-17(3,4)21/h14-15,18-21H,5-13H2,1-4H3. The zero-order valence-corrected chi connectivity index (χ0v) is 14.3. The molecule has 0 spiro atoms. The number of hydrogen-bond acceptors (Lipinski definition) is 4. The van der Waals surface area contributed by atoms with Crippen molar-refractivity contribution >= 4 is 0 Å². The molecule has 2 atom stereocenters. The molecular weight excluding hydrogens is 268 g/mol. The molecule has 0 aliphatic carbocycles. The van der Waals surface area contributed by atoms with Gasteiger partial charge in [0.15, 0.2) is 0 Å². The van der Waals surface area contributed by atoms with E-state index in [2.05, 4.69) is 0 Å². The molecule has 4 N–H and O–H groups in total. The maximum Gasteiger partial charge on any atom is 0.0591 e. The van der Waals surface area contributed by atoms with Gasteiger partial charge < -0.3 is 20.4 Å². The lowest BCUT2D eigenvalue weighted by Gasteiger charge is -2.19. The van der Waals surface area contributed by atoms with E-state index in [0.29, 0.717) is 38.5 Å². The van der Waals surface area contributed by atoms with Gasteiger partial charge in [0, 0.05) is 0 Å². The summed E-state index contributed by atoms with van der Waals surface area (Å²) in [5, 5.41) is 38.9. The van der Waals surface area contributed by atoms with Crippen LogP contribution in [0, 0.1) is 0 Å². The van der Waals surface area contributed by atoms with Crippen molar-refractivity contribution in [3.05, 3.63) is 0 Å². The number of hydrogen-bond donors (Lipinski definition) is 4. The molecule has 0 fully saturated rings. The second-order valence-corrected chi connectivity index (χ2v) is 7.65. The second kappa shape index (κ2) is 9.78. The lowest BCUT2D eigenvalue weighted by Crippen LogP contribution is -2.19. The van der Waals surface area contributed by atoms with E-state index in [0.717, 1.165) is 19.3 Å². The third kappa shape index (κ3) is 16.0. The van der Waals surface area contributed by atoms with Crippen LogP contribution in [0.5, 0.6) is 0 Å². The molecule has 0 saturated carbocycles. The third-order valence-electron chi connectivity index (χ3n) is 3.73. The lowest BCUT2D eigenvalue weighted by atomic mass is 9.96. The lowest BCUT2D eigenvalue weighted by molar-refractivity contribution is 0.0589. The van der Waals surface area contributed by atoms with E-state index in [-0.39, 0.29) is 12.2 Å². The average Bonchev–Trinajstić information content (AvgIpc) is 2.25. The topological polar surface area (TPSA) is 80.9 Å². The Morgan fingerprint density at radius 2 is 0.905 bits per heavy atom. The highest BCUT2D eigenvalue weighted by atomic mass is 16.3. The van der Waals surface area contributed by atoms with E-state index < -0.39 is 11.2 Å². The summed E-state index contributed by atoms with van der Waals surface area (Å²) >= 11 is 0. The fraction of sp³-hybridized carbons (Fsp3) is 1.00. The van der Waals surface area contributed by atoms with E-state index in [4.69, 9.17) is 0 Å². The Balaban J connectivity index is 3.55. The molecule has 0 heterocycles. The van der Waals surface area contributed by atoms with E-state index in [1.165, 1.54) is 0 Å². The van der Waals surface area contributed by atoms with Gasteiger partial charge in [-0.2, -0.15) is 0 Å². The highest BCUT2D eigenvalue weighted by Gasteiger charge is 2.15. The first-order chi connectivity index (χ1) is 9.49. The maximum atomic E-state index is 9.85. The van der Waals surface area contributed by atoms with Crippen LogP contribution >= 0.6 is 0 Å². The first-order valence-electron chi connectivity index (χ1n) is 8.30. The Bertz CT molecular complexity index is 226. The Morgan fingerprint density at radius 3 is 1.19 bits per heavy atom. The van der Waals surface area contributed by atoms with Crippen LogP contribution in [-0.2, 0) is 0 Å². The van der Waals surface area contributed by atoms with Gasteiger partial charge in [0.2, 0.25) is 0 Å². The molecule has 0 aromatic heterocycles. The summed E-state index contributed by atoms with van der Waals surface area (Å²) < 4.78 is 0. The van der Waals surface area contributed by atoms with Gasteiger partial charge in [-0.1, -0.05) is 0 Å². The predicted octanol–water partition coefficient (Wildman–Crippen LogP) is 2.76. The van der Waals surface area contributed by atoms with Gasteiger partial charge in [-0.25, -0.2) is 0 Å². The fourth-order valence-electron chi connectivity index (χ4n) is 2.42. The average molecular weight is 304 g/mol. The van der Waals surface area contributed by atoms with Crippen LogP contribution in [0.3, 0.4) is 0 Å². The van der Waals surface area contributed by atoms with Gasteiger partial charge in [-0.15, -0.1) is 0 Å². The van der Waals surface area contributed by atoms with Crippen LogP contribution < -0.4 is 0 Å². The minimum atomic E-state index is -0.656. The Labute approximate surface area is 130 Å². The number of aliphatic hydroxyl groups is 4. The van der Waals surface area contributed by atoms with E-state index >= 15 is 0 Å². The molecule has 128 valence electrons. The molecule has 0 aliphatic heterocycles. The number of aliphatic hydroxyl groups excluding tert-OH is 2. The van der Waals surface area contributed by atoms with Crippen LogP contribution in [0.4, 0.5) is 0 Å². The van der Waals surface area contributed by atoms with Crippen LogP contribution in [0.25, 0.3) is 0 Å². The summed E-state index contributed by atoms with van der Waals surface area (Å²) in [6.07, 6.45) is 5.99. The summed E-state index contributed by atoms with van der Waals surface area (Å²) in [4.78, 5) is 0. The van der Waals surface area contributed by atoms with Crippen LogP contribution in [-0.4, -0.2) is 43.8 Å². The molecule has 0 aromatic rings. The molecule has 0 bridgehead atoms. The van der Waals surface area contributed by atoms with Crippen molar-refractivity contribution < 1.29 is 20.4 Å². The van der Waals surface area contributed by atoms with E-state index in [9.17, 15) is 20.4 Å². The quantitative estimate of drug-likeness (QED) is 0.447. The van der Waals surface area contributed by atoms with Crippen molar-refractivity contribution in [2.24, 2.45) is 0 Å². The Hall–Kier alpha value is -0.160. The molecular formula is C17H36O4. The van der Waals surface area contributed by atoms with Gasteiger partial charge in [-0.3, -0.25) is 0 Å². The molecule has 0 aliphatic rings. The van der Waals surface area contributed by atoms with Crippen molar-refractivity contribution in [2.75, 3.05) is 0 Å². The van der Waals surface area contributed by atoms with Crippen LogP contribution in [0.2, 0.25) is 0 Å². The zero-order chi connectivity index (χ0) is 16.5. The Morgan fingerprint density at radius 1 is 0.619 bits per heavy atom. The van der Waals surface area contributed by atoms with Crippen molar-refractivity contribution in [2.45, 2.75) is 109 Å². The van der Waals surface area contributed by atoms with Crippen molar-refractivity contribution in [3.63, 3.8) is 0 Å². The van der Waals surface area contributed by atoms with Gasteiger partial charge in [0.1, 0.15) is 0 Å². The summed E-state index contributed by atoms with van der Waals surface area (Å²) in [6.45, 7) is 7.12. The number of rotatable bonds is 12. The zero-order valence-electron chi connectivity index (χ0n) is 14.3. The van der Waals surface area contributed by atoms with Crippen molar-refractivity contribution in [1.82, 2.24) is 0 Å². The molecule has 0 radical (unpaired) electrons. The smallest absolute Gasteiger partial charge is 0.0591 e. The molecule has 0 amide bonds. The summed E-state index contributed by atoms with van der Waals surface area (Å²) in [7, 11) is 0. The molecule has 4 nitrogen and oxygen atoms in total. The van der Waals surface area contributed by atoms with Crippen LogP contribution in [0.1, 0.15) is 85.5 Å². The molecule has 0 aromatic carbocycles. The van der Waals surface area contributed by atoms with Gasteiger partial charge >= 0.3 is 0 Å². The molecule has 0 saturated heterocycles. The summed E-state index contributed by atoms with van der Waals surface area (Å²) in [6, 6.07) is 0. The Kier molecular flexibility index (Phi) is 9.70. The normalized spacial score (nSPS) is 16.0. The van der Waals surface area contributed by atoms with Gasteiger partial charge in [-0.05, 0) is 85.5 Å². The van der Waals surface area contributed by atoms with Gasteiger partial charge in [0.25, 0.3) is 0 Å². The summed E-state index contributed by atoms with van der Waals surface area (Å²) in [5.74, 6) is 0. The predicted molar refractivity (Wildman–Crippen MR) is 86.2 cm³/mol. The largest absolute Gasteiger partial charge is 0.393 e. The van der Waals surface area contributed by atoms with E-state index in [1.54, 1.807) is 27.7 Å². The highest BCUT2D eigenvalue weighted by Crippen LogP contribution is 2.18. The van der Waals surface area contributed by atoms with E-state index in [1.807, 2.05) is 0 Å². The minimum absolute atomic E-state index is 0.337. The second-order valence-electron chi connectivity index (χ2n) is 7.65. The molecule has 2 unspecified atom stereocenters. The van der Waals surface area contributed by atoms with Gasteiger partial charge in [0.05, 0.1) is 23.4 Å². The monoisotopic (exact) mass is 304 g/mol. The first kappa shape index (κ1) is 20.8. The van der Waals surface area contributed by atoms with Crippen LogP contribution in [0.15, 0.2) is 0 Å². The fourth-order valence-corrected chi connectivity index (χ4v) is 2.42. The van der Waals surface area contributed by atoms with Crippen molar-refractivity contribution in [3.8, 4) is 0 Å². The first-order valence-corrected chi connectivity index (χ1v) is 8.30. The third-order valence-corrected chi connectivity index (χ3v) is 3.73. The minimum Gasteiger partial charge on any atom is -0.393 e. The molecule has 4 heteroatoms. The molecule has 21 heavy (non-hydrogen) atoms. The van der Waals surface area contributed by atoms with Crippen molar-refractivity contribution in [1.29, 1.82) is 0 Å². The SMILES string of the molecule is CC(C)(O)CCCC(O)CCCC(O)CCCC(C)(C)O. The highest BCUT2D eigenvalue weighted by molar-refractivity contribution is 4.68. The molecule has 0 rings (SSSR count). The summed E-state index contributed by atoms with van der Waals surface area (Å²) in [5.41, 5.74) is -1.31.